The molecule has 1 unspecified atom stereocenters. The zero-order chi connectivity index (χ0) is 14.2. The van der Waals surface area contributed by atoms with Gasteiger partial charge in [0.2, 0.25) is 0 Å². The lowest BCUT2D eigenvalue weighted by atomic mass is 9.93. The number of fused-ring (bicyclic) bond motifs is 3. The van der Waals surface area contributed by atoms with Gasteiger partial charge >= 0.3 is 0 Å². The van der Waals surface area contributed by atoms with Gasteiger partial charge in [0.1, 0.15) is 0 Å². The van der Waals surface area contributed by atoms with Crippen LogP contribution in [0, 0.1) is 5.92 Å². The van der Waals surface area contributed by atoms with E-state index in [1.807, 2.05) is 17.4 Å². The van der Waals surface area contributed by atoms with Gasteiger partial charge in [0, 0.05) is 10.6 Å². The Morgan fingerprint density at radius 1 is 1.05 bits per heavy atom. The van der Waals surface area contributed by atoms with E-state index in [-0.39, 0.29) is 0 Å². The lowest BCUT2D eigenvalue weighted by Crippen LogP contribution is -2.00. The van der Waals surface area contributed by atoms with Crippen molar-refractivity contribution in [2.45, 2.75) is 13.3 Å². The number of nitrogens with one attached hydrogen (secondary N) is 1. The van der Waals surface area contributed by atoms with Crippen molar-refractivity contribution in [3.8, 4) is 0 Å². The predicted molar refractivity (Wildman–Crippen MR) is 93.5 cm³/mol. The van der Waals surface area contributed by atoms with Crippen LogP contribution in [0.2, 0.25) is 0 Å². The lowest BCUT2D eigenvalue weighted by Gasteiger charge is -2.12. The number of benzene rings is 2. The molecule has 1 aliphatic rings. The van der Waals surface area contributed by atoms with Crippen molar-refractivity contribution >= 4 is 38.9 Å². The summed E-state index contributed by atoms with van der Waals surface area (Å²) in [6, 6.07) is 17.0. The highest BCUT2D eigenvalue weighted by Crippen LogP contribution is 2.41. The summed E-state index contributed by atoms with van der Waals surface area (Å²) in [6.07, 6.45) is 5.77. The number of anilines is 2. The molecule has 0 saturated carbocycles. The minimum absolute atomic E-state index is 0.640. The predicted octanol–water partition coefficient (Wildman–Crippen LogP) is 5.85. The first-order valence-corrected chi connectivity index (χ1v) is 8.17. The summed E-state index contributed by atoms with van der Waals surface area (Å²) in [6.45, 7) is 2.29. The van der Waals surface area contributed by atoms with Gasteiger partial charge < -0.3 is 5.32 Å². The fraction of sp³-hybridized carbons (Fsp3) is 0.158. The van der Waals surface area contributed by atoms with Crippen LogP contribution in [-0.2, 0) is 6.42 Å². The normalized spacial score (nSPS) is 16.9. The summed E-state index contributed by atoms with van der Waals surface area (Å²) < 4.78 is 1.37. The molecular weight excluding hydrogens is 274 g/mol. The smallest absolute Gasteiger partial charge is 0.0587 e. The highest BCUT2D eigenvalue weighted by atomic mass is 32.1. The van der Waals surface area contributed by atoms with Crippen LogP contribution in [0.5, 0.6) is 0 Å². The van der Waals surface area contributed by atoms with E-state index in [9.17, 15) is 0 Å². The van der Waals surface area contributed by atoms with E-state index >= 15 is 0 Å². The van der Waals surface area contributed by atoms with Gasteiger partial charge in [0.05, 0.1) is 10.4 Å². The maximum atomic E-state index is 3.55. The van der Waals surface area contributed by atoms with E-state index in [4.69, 9.17) is 0 Å². The number of thiophene rings is 1. The van der Waals surface area contributed by atoms with Gasteiger partial charge in [-0.3, -0.25) is 0 Å². The number of allylic oxidation sites excluding steroid dienone is 1. The van der Waals surface area contributed by atoms with E-state index in [2.05, 4.69) is 66.9 Å². The van der Waals surface area contributed by atoms with Crippen LogP contribution < -0.4 is 5.32 Å². The Labute approximate surface area is 128 Å². The van der Waals surface area contributed by atoms with E-state index in [1.165, 1.54) is 26.2 Å². The van der Waals surface area contributed by atoms with E-state index in [1.54, 1.807) is 0 Å². The highest BCUT2D eigenvalue weighted by Gasteiger charge is 2.17. The average molecular weight is 291 g/mol. The Bertz CT molecular complexity index is 814. The first-order valence-electron chi connectivity index (χ1n) is 7.36. The molecule has 1 heterocycles. The fourth-order valence-electron chi connectivity index (χ4n) is 2.95. The molecule has 1 aliphatic carbocycles. The molecule has 2 heteroatoms. The molecule has 21 heavy (non-hydrogen) atoms. The molecule has 0 radical (unpaired) electrons. The number of hydrogen-bond acceptors (Lipinski definition) is 2. The summed E-state index contributed by atoms with van der Waals surface area (Å²) in [7, 11) is 0. The minimum atomic E-state index is 0.640. The van der Waals surface area contributed by atoms with Gasteiger partial charge in [-0.15, -0.1) is 11.3 Å². The number of rotatable bonds is 2. The monoisotopic (exact) mass is 291 g/mol. The molecule has 0 spiro atoms. The molecule has 0 amide bonds. The van der Waals surface area contributed by atoms with Crippen molar-refractivity contribution in [2.75, 3.05) is 5.32 Å². The molecule has 1 atom stereocenters. The van der Waals surface area contributed by atoms with Crippen LogP contribution in [0.4, 0.5) is 11.4 Å². The first kappa shape index (κ1) is 12.7. The van der Waals surface area contributed by atoms with Crippen LogP contribution in [0.25, 0.3) is 16.2 Å². The van der Waals surface area contributed by atoms with Crippen LogP contribution >= 0.6 is 11.3 Å². The molecule has 1 N–H and O–H groups in total. The second-order valence-corrected chi connectivity index (χ2v) is 6.71. The molecule has 0 bridgehead atoms. The number of hydrogen-bond donors (Lipinski definition) is 1. The van der Waals surface area contributed by atoms with Crippen molar-refractivity contribution in [1.29, 1.82) is 0 Å². The molecule has 0 saturated heterocycles. The third kappa shape index (κ3) is 2.26. The zero-order valence-corrected chi connectivity index (χ0v) is 12.8. The van der Waals surface area contributed by atoms with Crippen molar-refractivity contribution in [1.82, 2.24) is 0 Å². The van der Waals surface area contributed by atoms with Gasteiger partial charge in [-0.25, -0.2) is 0 Å². The maximum Gasteiger partial charge on any atom is 0.0587 e. The van der Waals surface area contributed by atoms with Crippen LogP contribution in [-0.4, -0.2) is 0 Å². The maximum absolute atomic E-state index is 3.55. The van der Waals surface area contributed by atoms with Gasteiger partial charge in [0.15, 0.2) is 0 Å². The quantitative estimate of drug-likeness (QED) is 0.624. The fourth-order valence-corrected chi connectivity index (χ4v) is 4.16. The van der Waals surface area contributed by atoms with Crippen molar-refractivity contribution in [2.24, 2.45) is 5.92 Å². The second-order valence-electron chi connectivity index (χ2n) is 5.66. The zero-order valence-electron chi connectivity index (χ0n) is 12.0. The molecule has 3 aromatic rings. The molecule has 0 fully saturated rings. The molecule has 104 valence electrons. The minimum Gasteiger partial charge on any atom is -0.354 e. The third-order valence-corrected chi connectivity index (χ3v) is 5.25. The Morgan fingerprint density at radius 2 is 1.90 bits per heavy atom. The molecule has 4 rings (SSSR count). The summed E-state index contributed by atoms with van der Waals surface area (Å²) in [5, 5.41) is 4.96. The van der Waals surface area contributed by atoms with Gasteiger partial charge in [-0.2, -0.15) is 0 Å². The van der Waals surface area contributed by atoms with Gasteiger partial charge in [-0.1, -0.05) is 43.3 Å². The lowest BCUT2D eigenvalue weighted by molar-refractivity contribution is 0.724. The van der Waals surface area contributed by atoms with Crippen molar-refractivity contribution in [3.05, 3.63) is 65.0 Å². The van der Waals surface area contributed by atoms with Crippen LogP contribution in [0.3, 0.4) is 0 Å². The standard InChI is InChI=1S/C19H17NS/c1-13-10-11-18-16(12-13)15-8-5-9-17(19(15)21-18)20-14-6-3-2-4-7-14/h2-11,13,20H,12H2,1H3. The summed E-state index contributed by atoms with van der Waals surface area (Å²) in [4.78, 5) is 1.42. The largest absolute Gasteiger partial charge is 0.354 e. The Kier molecular flexibility index (Phi) is 3.04. The average Bonchev–Trinajstić information content (AvgIpc) is 2.88. The SMILES string of the molecule is CC1C=Cc2sc3c(Nc4ccccc4)cccc3c2C1. The first-order chi connectivity index (χ1) is 10.3. The Hall–Kier alpha value is -2.06. The van der Waals surface area contributed by atoms with Crippen molar-refractivity contribution in [3.63, 3.8) is 0 Å². The topological polar surface area (TPSA) is 12.0 Å². The van der Waals surface area contributed by atoms with E-state index in [0.29, 0.717) is 5.92 Å². The van der Waals surface area contributed by atoms with Gasteiger partial charge in [0.25, 0.3) is 0 Å². The van der Waals surface area contributed by atoms with Crippen LogP contribution in [0.15, 0.2) is 54.6 Å². The molecule has 2 aromatic carbocycles. The highest BCUT2D eigenvalue weighted by molar-refractivity contribution is 7.20. The third-order valence-electron chi connectivity index (χ3n) is 4.00. The van der Waals surface area contributed by atoms with Crippen molar-refractivity contribution < 1.29 is 0 Å². The van der Waals surface area contributed by atoms with Gasteiger partial charge in [-0.05, 0) is 47.6 Å². The second kappa shape index (κ2) is 5.05. The summed E-state index contributed by atoms with van der Waals surface area (Å²) in [5.41, 5.74) is 3.86. The summed E-state index contributed by atoms with van der Waals surface area (Å²) >= 11 is 1.90. The molecule has 1 nitrogen and oxygen atoms in total. The summed E-state index contributed by atoms with van der Waals surface area (Å²) in [5.74, 6) is 0.640. The molecule has 1 aromatic heterocycles. The van der Waals surface area contributed by atoms with E-state index < -0.39 is 0 Å². The Morgan fingerprint density at radius 3 is 2.76 bits per heavy atom. The van der Waals surface area contributed by atoms with E-state index in [0.717, 1.165) is 12.1 Å². The number of para-hydroxylation sites is 1. The Balaban J connectivity index is 1.83. The molecular formula is C19H17NS. The van der Waals surface area contributed by atoms with Crippen LogP contribution in [0.1, 0.15) is 17.4 Å². The molecule has 0 aliphatic heterocycles.